The van der Waals surface area contributed by atoms with E-state index >= 15 is 0 Å². The monoisotopic (exact) mass is 392 g/mol. The average molecular weight is 392 g/mol. The van der Waals surface area contributed by atoms with Crippen molar-refractivity contribution >= 4 is 17.3 Å². The van der Waals surface area contributed by atoms with Gasteiger partial charge in [-0.25, -0.2) is 0 Å². The Morgan fingerprint density at radius 1 is 0.793 bits per heavy atom. The van der Waals surface area contributed by atoms with Crippen LogP contribution in [0.2, 0.25) is 0 Å². The van der Waals surface area contributed by atoms with Gasteiger partial charge >= 0.3 is 0 Å². The van der Waals surface area contributed by atoms with Crippen LogP contribution in [0.1, 0.15) is 6.92 Å². The van der Waals surface area contributed by atoms with Crippen molar-refractivity contribution in [3.63, 3.8) is 0 Å². The lowest BCUT2D eigenvalue weighted by molar-refractivity contribution is -0.116. The Kier molecular flexibility index (Phi) is 6.58. The number of para-hydroxylation sites is 1. The Hall–Kier alpha value is -3.67. The number of anilines is 2. The fraction of sp³-hybridized carbons (Fsp3) is 0.174. The molecule has 150 valence electrons. The molecule has 3 aromatic carbocycles. The van der Waals surface area contributed by atoms with Gasteiger partial charge in [0.1, 0.15) is 17.5 Å². The number of methoxy groups -OCH3 is 2. The number of hydrogen-bond acceptors (Lipinski definition) is 5. The molecule has 0 heterocycles. The third-order valence-electron chi connectivity index (χ3n) is 4.26. The minimum Gasteiger partial charge on any atom is -0.493 e. The first-order chi connectivity index (χ1) is 14.1. The van der Waals surface area contributed by atoms with Gasteiger partial charge in [0.2, 0.25) is 5.91 Å². The van der Waals surface area contributed by atoms with Crippen molar-refractivity contribution < 1.29 is 19.0 Å². The van der Waals surface area contributed by atoms with Crippen LogP contribution < -0.4 is 24.8 Å². The van der Waals surface area contributed by atoms with Gasteiger partial charge in [-0.3, -0.25) is 4.79 Å². The highest BCUT2D eigenvalue weighted by Gasteiger charge is 2.14. The van der Waals surface area contributed by atoms with E-state index in [1.807, 2.05) is 48.5 Å². The van der Waals surface area contributed by atoms with E-state index in [0.29, 0.717) is 22.9 Å². The van der Waals surface area contributed by atoms with Gasteiger partial charge in [0, 0.05) is 17.4 Å². The van der Waals surface area contributed by atoms with Gasteiger partial charge < -0.3 is 24.8 Å². The van der Waals surface area contributed by atoms with E-state index in [0.717, 1.165) is 11.4 Å². The van der Waals surface area contributed by atoms with Gasteiger partial charge in [-0.2, -0.15) is 0 Å². The van der Waals surface area contributed by atoms with Crippen LogP contribution in [0.5, 0.6) is 23.0 Å². The van der Waals surface area contributed by atoms with Crippen LogP contribution in [0.4, 0.5) is 11.4 Å². The third-order valence-corrected chi connectivity index (χ3v) is 4.26. The molecule has 2 N–H and O–H groups in total. The van der Waals surface area contributed by atoms with Crippen LogP contribution in [-0.4, -0.2) is 26.2 Å². The molecule has 0 bridgehead atoms. The average Bonchev–Trinajstić information content (AvgIpc) is 2.75. The van der Waals surface area contributed by atoms with Crippen molar-refractivity contribution in [3.05, 3.63) is 72.8 Å². The van der Waals surface area contributed by atoms with E-state index in [1.54, 1.807) is 45.4 Å². The van der Waals surface area contributed by atoms with E-state index < -0.39 is 6.04 Å². The second kappa shape index (κ2) is 9.50. The number of amides is 1. The fourth-order valence-corrected chi connectivity index (χ4v) is 2.72. The largest absolute Gasteiger partial charge is 0.493 e. The number of ether oxygens (including phenoxy) is 3. The molecule has 0 radical (unpaired) electrons. The van der Waals surface area contributed by atoms with Crippen LogP contribution in [-0.2, 0) is 4.79 Å². The Morgan fingerprint density at radius 2 is 1.41 bits per heavy atom. The van der Waals surface area contributed by atoms with Crippen molar-refractivity contribution in [2.45, 2.75) is 13.0 Å². The first-order valence-corrected chi connectivity index (χ1v) is 9.21. The zero-order valence-corrected chi connectivity index (χ0v) is 16.6. The maximum absolute atomic E-state index is 12.5. The first kappa shape index (κ1) is 20.1. The van der Waals surface area contributed by atoms with Crippen LogP contribution in [0.3, 0.4) is 0 Å². The number of carbonyl (C=O) groups excluding carboxylic acids is 1. The van der Waals surface area contributed by atoms with Crippen molar-refractivity contribution in [1.29, 1.82) is 0 Å². The molecule has 0 aliphatic rings. The van der Waals surface area contributed by atoms with Crippen LogP contribution >= 0.6 is 0 Å². The molecule has 3 rings (SSSR count). The highest BCUT2D eigenvalue weighted by atomic mass is 16.5. The maximum atomic E-state index is 12.5. The lowest BCUT2D eigenvalue weighted by Gasteiger charge is -2.17. The molecule has 0 aliphatic heterocycles. The summed E-state index contributed by atoms with van der Waals surface area (Å²) in [5.41, 5.74) is 1.45. The van der Waals surface area contributed by atoms with Gasteiger partial charge in [-0.05, 0) is 55.5 Å². The minimum absolute atomic E-state index is 0.156. The zero-order valence-electron chi connectivity index (χ0n) is 16.6. The van der Waals surface area contributed by atoms with Crippen molar-refractivity contribution in [2.75, 3.05) is 24.9 Å². The SMILES string of the molecule is COc1ccc(N[C@@H](C)C(=O)Nc2ccc(Oc3ccccc3)cc2)cc1OC. The predicted octanol–water partition coefficient (Wildman–Crippen LogP) is 4.94. The van der Waals surface area contributed by atoms with Gasteiger partial charge in [0.05, 0.1) is 14.2 Å². The minimum atomic E-state index is -0.451. The molecule has 3 aromatic rings. The summed E-state index contributed by atoms with van der Waals surface area (Å²) in [6.07, 6.45) is 0. The lowest BCUT2D eigenvalue weighted by atomic mass is 10.2. The number of hydrogen-bond donors (Lipinski definition) is 2. The third kappa shape index (κ3) is 5.42. The molecule has 0 saturated heterocycles. The second-order valence-corrected chi connectivity index (χ2v) is 6.36. The Labute approximate surface area is 170 Å². The predicted molar refractivity (Wildman–Crippen MR) is 114 cm³/mol. The summed E-state index contributed by atoms with van der Waals surface area (Å²) in [5.74, 6) is 2.53. The van der Waals surface area contributed by atoms with E-state index in [1.165, 1.54) is 0 Å². The summed E-state index contributed by atoms with van der Waals surface area (Å²) in [7, 11) is 3.15. The quantitative estimate of drug-likeness (QED) is 0.569. The van der Waals surface area contributed by atoms with Gasteiger partial charge in [-0.15, -0.1) is 0 Å². The number of rotatable bonds is 8. The highest BCUT2D eigenvalue weighted by molar-refractivity contribution is 5.96. The molecule has 0 unspecified atom stereocenters. The number of carbonyl (C=O) groups is 1. The molecule has 6 heteroatoms. The molecular formula is C23H24N2O4. The molecule has 1 amide bonds. The van der Waals surface area contributed by atoms with Crippen molar-refractivity contribution in [2.24, 2.45) is 0 Å². The van der Waals surface area contributed by atoms with Crippen molar-refractivity contribution in [3.8, 4) is 23.0 Å². The molecule has 6 nitrogen and oxygen atoms in total. The number of nitrogens with one attached hydrogen (secondary N) is 2. The van der Waals surface area contributed by atoms with E-state index in [2.05, 4.69) is 10.6 Å². The molecule has 0 aliphatic carbocycles. The summed E-state index contributed by atoms with van der Waals surface area (Å²) in [6.45, 7) is 1.79. The lowest BCUT2D eigenvalue weighted by Crippen LogP contribution is -2.31. The molecule has 0 spiro atoms. The Morgan fingerprint density at radius 3 is 2.07 bits per heavy atom. The van der Waals surface area contributed by atoms with E-state index in [9.17, 15) is 4.79 Å². The molecule has 0 aromatic heterocycles. The zero-order chi connectivity index (χ0) is 20.6. The van der Waals surface area contributed by atoms with Crippen molar-refractivity contribution in [1.82, 2.24) is 0 Å². The summed E-state index contributed by atoms with van der Waals surface area (Å²) in [5, 5.41) is 6.05. The summed E-state index contributed by atoms with van der Waals surface area (Å²) in [4.78, 5) is 12.5. The second-order valence-electron chi connectivity index (χ2n) is 6.36. The van der Waals surface area contributed by atoms with Gasteiger partial charge in [-0.1, -0.05) is 18.2 Å². The maximum Gasteiger partial charge on any atom is 0.246 e. The standard InChI is InChI=1S/C23H24N2O4/c1-16(24-18-11-14-21(27-2)22(15-18)28-3)23(26)25-17-9-12-20(13-10-17)29-19-7-5-4-6-8-19/h4-16,24H,1-3H3,(H,25,26)/t16-/m0/s1. The smallest absolute Gasteiger partial charge is 0.246 e. The summed E-state index contributed by atoms with van der Waals surface area (Å²) < 4.78 is 16.3. The van der Waals surface area contributed by atoms with Crippen LogP contribution in [0, 0.1) is 0 Å². The Bertz CT molecular complexity index is 943. The molecule has 1 atom stereocenters. The molecule has 29 heavy (non-hydrogen) atoms. The highest BCUT2D eigenvalue weighted by Crippen LogP contribution is 2.30. The molecule has 0 saturated carbocycles. The topological polar surface area (TPSA) is 68.8 Å². The van der Waals surface area contributed by atoms with Gasteiger partial charge in [0.25, 0.3) is 0 Å². The van der Waals surface area contributed by atoms with Gasteiger partial charge in [0.15, 0.2) is 11.5 Å². The van der Waals surface area contributed by atoms with E-state index in [4.69, 9.17) is 14.2 Å². The molecular weight excluding hydrogens is 368 g/mol. The van der Waals surface area contributed by atoms with Crippen LogP contribution in [0.15, 0.2) is 72.8 Å². The number of benzene rings is 3. The van der Waals surface area contributed by atoms with E-state index in [-0.39, 0.29) is 5.91 Å². The summed E-state index contributed by atoms with van der Waals surface area (Å²) >= 11 is 0. The Balaban J connectivity index is 1.58. The fourth-order valence-electron chi connectivity index (χ4n) is 2.72. The molecule has 0 fully saturated rings. The summed E-state index contributed by atoms with van der Waals surface area (Å²) in [6, 6.07) is 21.7. The normalized spacial score (nSPS) is 11.3. The van der Waals surface area contributed by atoms with Crippen LogP contribution in [0.25, 0.3) is 0 Å². The first-order valence-electron chi connectivity index (χ1n) is 9.21.